The lowest BCUT2D eigenvalue weighted by Gasteiger charge is -2.34. The lowest BCUT2D eigenvalue weighted by molar-refractivity contribution is -0.152. The summed E-state index contributed by atoms with van der Waals surface area (Å²) in [5.74, 6) is -1.47. The number of rotatable bonds is 3. The van der Waals surface area contributed by atoms with Gasteiger partial charge < -0.3 is 9.84 Å². The molecule has 0 aliphatic heterocycles. The Balaban J connectivity index is 2.39. The van der Waals surface area contributed by atoms with Crippen LogP contribution in [0.15, 0.2) is 11.3 Å². The number of fused-ring (bicyclic) bond motifs is 2. The van der Waals surface area contributed by atoms with Crippen molar-refractivity contribution in [3.8, 4) is 0 Å². The van der Waals surface area contributed by atoms with Crippen LogP contribution in [0.25, 0.3) is 0 Å². The second-order valence-electron chi connectivity index (χ2n) is 5.96. The van der Waals surface area contributed by atoms with E-state index in [1.165, 1.54) is 0 Å². The van der Waals surface area contributed by atoms with Crippen molar-refractivity contribution in [2.24, 2.45) is 16.7 Å². The zero-order chi connectivity index (χ0) is 13.7. The van der Waals surface area contributed by atoms with Crippen LogP contribution in [0.1, 0.15) is 40.5 Å². The van der Waals surface area contributed by atoms with E-state index in [4.69, 9.17) is 4.74 Å². The lowest BCUT2D eigenvalue weighted by atomic mass is 9.69. The molecule has 18 heavy (non-hydrogen) atoms. The molecule has 0 aromatic rings. The van der Waals surface area contributed by atoms with Gasteiger partial charge in [-0.1, -0.05) is 20.8 Å². The first-order valence-corrected chi connectivity index (χ1v) is 6.42. The first kappa shape index (κ1) is 13.1. The van der Waals surface area contributed by atoms with E-state index >= 15 is 0 Å². The summed E-state index contributed by atoms with van der Waals surface area (Å²) < 4.78 is 4.74. The van der Waals surface area contributed by atoms with E-state index < -0.39 is 17.2 Å². The molecule has 2 bridgehead atoms. The Bertz CT molecular complexity index is 447. The second kappa shape index (κ2) is 3.84. The van der Waals surface area contributed by atoms with Crippen LogP contribution in [0.2, 0.25) is 0 Å². The van der Waals surface area contributed by atoms with Crippen LogP contribution in [0.5, 0.6) is 0 Å². The Morgan fingerprint density at radius 1 is 1.39 bits per heavy atom. The monoisotopic (exact) mass is 252 g/mol. The number of esters is 1. The highest BCUT2D eigenvalue weighted by Gasteiger charge is 2.63. The summed E-state index contributed by atoms with van der Waals surface area (Å²) in [4.78, 5) is 23.6. The molecule has 0 amide bonds. The summed E-state index contributed by atoms with van der Waals surface area (Å²) in [6.07, 6.45) is 1.70. The van der Waals surface area contributed by atoms with E-state index in [1.54, 1.807) is 6.92 Å². The lowest BCUT2D eigenvalue weighted by Crippen LogP contribution is -2.30. The number of carbonyl (C=O) groups is 2. The van der Waals surface area contributed by atoms with Gasteiger partial charge in [-0.3, -0.25) is 4.79 Å². The maximum Gasteiger partial charge on any atom is 0.379 e. The minimum atomic E-state index is -0.856. The van der Waals surface area contributed by atoms with Gasteiger partial charge >= 0.3 is 5.97 Å². The average molecular weight is 252 g/mol. The zero-order valence-electron chi connectivity index (χ0n) is 11.4. The normalized spacial score (nSPS) is 32.8. The number of hydrogen-bond acceptors (Lipinski definition) is 4. The fourth-order valence-electron chi connectivity index (χ4n) is 3.46. The molecule has 0 unspecified atom stereocenters. The number of Topliss-reactive ketones (excluding diaryl/α,β-unsaturated/α-hetero) is 1. The number of hydrogen-bond donors (Lipinski definition) is 1. The summed E-state index contributed by atoms with van der Waals surface area (Å²) in [5.41, 5.74) is -0.295. The Labute approximate surface area is 107 Å². The Kier molecular flexibility index (Phi) is 2.80. The largest absolute Gasteiger partial charge is 0.511 e. The third-order valence-electron chi connectivity index (χ3n) is 5.06. The molecule has 0 aromatic heterocycles. The molecule has 2 rings (SSSR count). The van der Waals surface area contributed by atoms with Crippen LogP contribution in [0.3, 0.4) is 0 Å². The second-order valence-corrected chi connectivity index (χ2v) is 5.96. The molecule has 2 atom stereocenters. The standard InChI is InChI=1S/C14H20O4/c1-5-18-12(17)10(15)9-8-6-7-14(4,11(9)16)13(8,2)3/h8,16H,5-7H2,1-4H3/t8-,14+/m1/s1. The minimum absolute atomic E-state index is 0.0422. The van der Waals surface area contributed by atoms with Crippen LogP contribution in [-0.4, -0.2) is 23.5 Å². The quantitative estimate of drug-likeness (QED) is 0.618. The van der Waals surface area contributed by atoms with Crippen molar-refractivity contribution in [2.75, 3.05) is 6.61 Å². The molecule has 0 spiro atoms. The molecule has 4 heteroatoms. The highest BCUT2D eigenvalue weighted by Crippen LogP contribution is 2.67. The Morgan fingerprint density at radius 3 is 2.44 bits per heavy atom. The molecular formula is C14H20O4. The van der Waals surface area contributed by atoms with E-state index in [-0.39, 0.29) is 29.3 Å². The van der Waals surface area contributed by atoms with Crippen molar-refractivity contribution in [1.29, 1.82) is 0 Å². The predicted octanol–water partition coefficient (Wildman–Crippen LogP) is 2.39. The van der Waals surface area contributed by atoms with Gasteiger partial charge in [-0.25, -0.2) is 4.79 Å². The van der Waals surface area contributed by atoms with Gasteiger partial charge in [-0.05, 0) is 31.1 Å². The number of ketones is 1. The highest BCUT2D eigenvalue weighted by molar-refractivity contribution is 6.40. The predicted molar refractivity (Wildman–Crippen MR) is 65.9 cm³/mol. The Morgan fingerprint density at radius 2 is 2.00 bits per heavy atom. The van der Waals surface area contributed by atoms with Crippen LogP contribution in [0, 0.1) is 16.7 Å². The number of aliphatic hydroxyl groups is 1. The molecule has 0 aromatic carbocycles. The van der Waals surface area contributed by atoms with Gasteiger partial charge in [0.15, 0.2) is 0 Å². The van der Waals surface area contributed by atoms with E-state index in [1.807, 2.05) is 20.8 Å². The summed E-state index contributed by atoms with van der Waals surface area (Å²) in [6.45, 7) is 7.89. The van der Waals surface area contributed by atoms with Crippen LogP contribution < -0.4 is 0 Å². The topological polar surface area (TPSA) is 63.6 Å². The van der Waals surface area contributed by atoms with Crippen LogP contribution >= 0.6 is 0 Å². The summed E-state index contributed by atoms with van der Waals surface area (Å²) >= 11 is 0. The first-order valence-electron chi connectivity index (χ1n) is 6.42. The van der Waals surface area contributed by atoms with E-state index in [0.717, 1.165) is 12.8 Å². The van der Waals surface area contributed by atoms with E-state index in [2.05, 4.69) is 0 Å². The molecule has 4 nitrogen and oxygen atoms in total. The molecule has 1 fully saturated rings. The molecule has 2 aliphatic rings. The van der Waals surface area contributed by atoms with Gasteiger partial charge in [-0.2, -0.15) is 0 Å². The van der Waals surface area contributed by atoms with Crippen molar-refractivity contribution in [1.82, 2.24) is 0 Å². The number of ether oxygens (including phenoxy) is 1. The number of carbonyl (C=O) groups excluding carboxylic acids is 2. The highest BCUT2D eigenvalue weighted by atomic mass is 16.5. The minimum Gasteiger partial charge on any atom is -0.511 e. The third kappa shape index (κ3) is 1.38. The van der Waals surface area contributed by atoms with Crippen molar-refractivity contribution in [2.45, 2.75) is 40.5 Å². The van der Waals surface area contributed by atoms with Gasteiger partial charge in [0.1, 0.15) is 5.76 Å². The maximum absolute atomic E-state index is 12.1. The fraction of sp³-hybridized carbons (Fsp3) is 0.714. The molecule has 2 aliphatic carbocycles. The first-order chi connectivity index (χ1) is 8.27. The maximum atomic E-state index is 12.1. The molecular weight excluding hydrogens is 232 g/mol. The third-order valence-corrected chi connectivity index (χ3v) is 5.06. The summed E-state index contributed by atoms with van der Waals surface area (Å²) in [5, 5.41) is 10.3. The van der Waals surface area contributed by atoms with E-state index in [0.29, 0.717) is 0 Å². The van der Waals surface area contributed by atoms with Crippen LogP contribution in [-0.2, 0) is 14.3 Å². The smallest absolute Gasteiger partial charge is 0.379 e. The molecule has 100 valence electrons. The fourth-order valence-corrected chi connectivity index (χ4v) is 3.46. The van der Waals surface area contributed by atoms with Gasteiger partial charge in [-0.15, -0.1) is 0 Å². The average Bonchev–Trinajstić information content (AvgIpc) is 2.60. The zero-order valence-corrected chi connectivity index (χ0v) is 11.4. The molecule has 0 radical (unpaired) electrons. The van der Waals surface area contributed by atoms with Gasteiger partial charge in [0.05, 0.1) is 6.61 Å². The van der Waals surface area contributed by atoms with Crippen LogP contribution in [0.4, 0.5) is 0 Å². The van der Waals surface area contributed by atoms with Crippen molar-refractivity contribution in [3.05, 3.63) is 11.3 Å². The SMILES string of the molecule is CCOC(=O)C(=O)C1=C(O)[C@]2(C)CC[C@H]1C2(C)C. The van der Waals surface area contributed by atoms with Gasteiger partial charge in [0.2, 0.25) is 0 Å². The molecule has 0 saturated heterocycles. The molecule has 1 N–H and O–H groups in total. The number of allylic oxidation sites excluding steroid dienone is 1. The van der Waals surface area contributed by atoms with Gasteiger partial charge in [0, 0.05) is 11.0 Å². The van der Waals surface area contributed by atoms with Crippen molar-refractivity contribution >= 4 is 11.8 Å². The molecule has 1 saturated carbocycles. The summed E-state index contributed by atoms with van der Waals surface area (Å²) in [7, 11) is 0. The van der Waals surface area contributed by atoms with Crippen molar-refractivity contribution < 1.29 is 19.4 Å². The molecule has 0 heterocycles. The Hall–Kier alpha value is -1.32. The van der Waals surface area contributed by atoms with Gasteiger partial charge in [0.25, 0.3) is 5.78 Å². The van der Waals surface area contributed by atoms with Crippen molar-refractivity contribution in [3.63, 3.8) is 0 Å². The van der Waals surface area contributed by atoms with E-state index in [9.17, 15) is 14.7 Å². The summed E-state index contributed by atoms with van der Waals surface area (Å²) in [6, 6.07) is 0. The number of aliphatic hydroxyl groups excluding tert-OH is 1.